The predicted octanol–water partition coefficient (Wildman–Crippen LogP) is 4.75. The minimum atomic E-state index is -0.126. The van der Waals surface area contributed by atoms with Crippen LogP contribution in [0.2, 0.25) is 0 Å². The zero-order chi connectivity index (χ0) is 16.2. The van der Waals surface area contributed by atoms with Gasteiger partial charge < -0.3 is 5.32 Å². The predicted molar refractivity (Wildman–Crippen MR) is 94.7 cm³/mol. The number of halogens is 1. The van der Waals surface area contributed by atoms with E-state index in [0.717, 1.165) is 53.2 Å². The smallest absolute Gasteiger partial charge is 0.138 e. The zero-order valence-corrected chi connectivity index (χ0v) is 14.2. The van der Waals surface area contributed by atoms with Crippen molar-refractivity contribution < 1.29 is 4.39 Å². The summed E-state index contributed by atoms with van der Waals surface area (Å²) in [5.41, 5.74) is 0.766. The molecular weight excluding hydrogens is 309 g/mol. The van der Waals surface area contributed by atoms with Crippen molar-refractivity contribution in [3.8, 4) is 0 Å². The lowest BCUT2D eigenvalue weighted by atomic mass is 10.1. The standard InChI is InChI=1S/C18H20FN3S/c1-3-16-21-17(14-11-12(2)23-18(14)22-16)20-10-6-8-13-7-4-5-9-15(13)19/h4-5,7,9,11H,3,6,8,10H2,1-2H3,(H,20,21,22). The van der Waals surface area contributed by atoms with E-state index in [1.165, 1.54) is 10.9 Å². The Kier molecular flexibility index (Phi) is 4.86. The molecule has 0 saturated carbocycles. The number of benzene rings is 1. The first-order valence-electron chi connectivity index (χ1n) is 7.91. The molecule has 0 aliphatic heterocycles. The molecule has 2 aromatic heterocycles. The quantitative estimate of drug-likeness (QED) is 0.663. The second kappa shape index (κ2) is 7.04. The average molecular weight is 329 g/mol. The number of anilines is 1. The molecule has 0 aliphatic carbocycles. The highest BCUT2D eigenvalue weighted by atomic mass is 32.1. The maximum Gasteiger partial charge on any atom is 0.138 e. The van der Waals surface area contributed by atoms with Gasteiger partial charge in [0.15, 0.2) is 0 Å². The van der Waals surface area contributed by atoms with E-state index in [2.05, 4.69) is 35.2 Å². The number of fused-ring (bicyclic) bond motifs is 1. The summed E-state index contributed by atoms with van der Waals surface area (Å²) in [6, 6.07) is 9.08. The van der Waals surface area contributed by atoms with Crippen LogP contribution in [0.25, 0.3) is 10.2 Å². The van der Waals surface area contributed by atoms with Gasteiger partial charge in [0.2, 0.25) is 0 Å². The van der Waals surface area contributed by atoms with Crippen LogP contribution in [0.1, 0.15) is 29.6 Å². The van der Waals surface area contributed by atoms with Gasteiger partial charge in [-0.1, -0.05) is 25.1 Å². The number of nitrogens with zero attached hydrogens (tertiary/aromatic N) is 2. The molecule has 0 radical (unpaired) electrons. The summed E-state index contributed by atoms with van der Waals surface area (Å²) in [6.07, 6.45) is 2.39. The molecule has 3 nitrogen and oxygen atoms in total. The molecule has 0 saturated heterocycles. The van der Waals surface area contributed by atoms with Crippen LogP contribution in [0.15, 0.2) is 30.3 Å². The first kappa shape index (κ1) is 15.9. The Hall–Kier alpha value is -2.01. The lowest BCUT2D eigenvalue weighted by Crippen LogP contribution is -2.07. The summed E-state index contributed by atoms with van der Waals surface area (Å²) in [6.45, 7) is 4.90. The highest BCUT2D eigenvalue weighted by molar-refractivity contribution is 7.18. The first-order chi connectivity index (χ1) is 11.2. The molecule has 0 amide bonds. The van der Waals surface area contributed by atoms with Crippen molar-refractivity contribution in [2.45, 2.75) is 33.1 Å². The molecule has 5 heteroatoms. The Labute approximate surface area is 139 Å². The SMILES string of the molecule is CCc1nc(NCCCc2ccccc2F)c2cc(C)sc2n1. The lowest BCUT2D eigenvalue weighted by molar-refractivity contribution is 0.606. The van der Waals surface area contributed by atoms with Crippen LogP contribution in [0.3, 0.4) is 0 Å². The van der Waals surface area contributed by atoms with E-state index in [-0.39, 0.29) is 5.82 Å². The molecule has 23 heavy (non-hydrogen) atoms. The summed E-state index contributed by atoms with van der Waals surface area (Å²) in [5.74, 6) is 1.62. The van der Waals surface area contributed by atoms with E-state index in [4.69, 9.17) is 0 Å². The highest BCUT2D eigenvalue weighted by Gasteiger charge is 2.09. The van der Waals surface area contributed by atoms with Gasteiger partial charge in [0.25, 0.3) is 0 Å². The van der Waals surface area contributed by atoms with Crippen LogP contribution in [-0.4, -0.2) is 16.5 Å². The fraction of sp³-hybridized carbons (Fsp3) is 0.333. The summed E-state index contributed by atoms with van der Waals surface area (Å²) < 4.78 is 13.6. The molecule has 0 spiro atoms. The Bertz CT molecular complexity index is 813. The summed E-state index contributed by atoms with van der Waals surface area (Å²) in [4.78, 5) is 11.5. The molecule has 120 valence electrons. The van der Waals surface area contributed by atoms with Crippen molar-refractivity contribution in [2.24, 2.45) is 0 Å². The molecule has 3 aromatic rings. The molecule has 2 heterocycles. The van der Waals surface area contributed by atoms with E-state index in [9.17, 15) is 4.39 Å². The zero-order valence-electron chi connectivity index (χ0n) is 13.4. The third-order valence-electron chi connectivity index (χ3n) is 3.75. The highest BCUT2D eigenvalue weighted by Crippen LogP contribution is 2.28. The third-order valence-corrected chi connectivity index (χ3v) is 4.70. The molecule has 0 fully saturated rings. The van der Waals surface area contributed by atoms with Gasteiger partial charge >= 0.3 is 0 Å². The van der Waals surface area contributed by atoms with Gasteiger partial charge in [-0.3, -0.25) is 0 Å². The number of hydrogen-bond donors (Lipinski definition) is 1. The summed E-state index contributed by atoms with van der Waals surface area (Å²) in [5, 5.41) is 4.48. The van der Waals surface area contributed by atoms with E-state index >= 15 is 0 Å². The molecule has 3 rings (SSSR count). The molecular formula is C18H20FN3S. The molecule has 0 bridgehead atoms. The third kappa shape index (κ3) is 3.67. The first-order valence-corrected chi connectivity index (χ1v) is 8.73. The molecule has 0 atom stereocenters. The van der Waals surface area contributed by atoms with Crippen LogP contribution in [0, 0.1) is 12.7 Å². The van der Waals surface area contributed by atoms with Crippen molar-refractivity contribution in [1.82, 2.24) is 9.97 Å². The van der Waals surface area contributed by atoms with Gasteiger partial charge in [-0.2, -0.15) is 0 Å². The molecule has 0 aliphatic rings. The van der Waals surface area contributed by atoms with Gasteiger partial charge in [0.1, 0.15) is 22.3 Å². The molecule has 1 aromatic carbocycles. The van der Waals surface area contributed by atoms with E-state index in [1.54, 1.807) is 17.4 Å². The number of hydrogen-bond acceptors (Lipinski definition) is 4. The van der Waals surface area contributed by atoms with Crippen LogP contribution >= 0.6 is 11.3 Å². The van der Waals surface area contributed by atoms with Crippen molar-refractivity contribution in [3.63, 3.8) is 0 Å². The Morgan fingerprint density at radius 3 is 2.83 bits per heavy atom. The monoisotopic (exact) mass is 329 g/mol. The van der Waals surface area contributed by atoms with Crippen LogP contribution in [0.5, 0.6) is 0 Å². The minimum Gasteiger partial charge on any atom is -0.369 e. The van der Waals surface area contributed by atoms with E-state index < -0.39 is 0 Å². The average Bonchev–Trinajstić information content (AvgIpc) is 2.93. The van der Waals surface area contributed by atoms with Crippen molar-refractivity contribution >= 4 is 27.4 Å². The second-order valence-corrected chi connectivity index (χ2v) is 6.77. The normalized spacial score (nSPS) is 11.1. The van der Waals surface area contributed by atoms with Gasteiger partial charge in [-0.05, 0) is 37.5 Å². The lowest BCUT2D eigenvalue weighted by Gasteiger charge is -2.08. The van der Waals surface area contributed by atoms with Gasteiger partial charge in [0, 0.05) is 17.8 Å². The second-order valence-electron chi connectivity index (χ2n) is 5.54. The molecule has 0 unspecified atom stereocenters. The van der Waals surface area contributed by atoms with Crippen LogP contribution in [0.4, 0.5) is 10.2 Å². The van der Waals surface area contributed by atoms with Crippen molar-refractivity contribution in [1.29, 1.82) is 0 Å². The number of thiophene rings is 1. The Morgan fingerprint density at radius 2 is 2.04 bits per heavy atom. The van der Waals surface area contributed by atoms with Crippen LogP contribution < -0.4 is 5.32 Å². The van der Waals surface area contributed by atoms with E-state index in [0.29, 0.717) is 0 Å². The summed E-state index contributed by atoms with van der Waals surface area (Å²) in [7, 11) is 0. The van der Waals surface area contributed by atoms with Crippen molar-refractivity contribution in [2.75, 3.05) is 11.9 Å². The Balaban J connectivity index is 1.68. The maximum atomic E-state index is 13.6. The topological polar surface area (TPSA) is 37.8 Å². The summed E-state index contributed by atoms with van der Waals surface area (Å²) >= 11 is 1.69. The fourth-order valence-electron chi connectivity index (χ4n) is 2.57. The van der Waals surface area contributed by atoms with Gasteiger partial charge in [-0.25, -0.2) is 14.4 Å². The molecule has 1 N–H and O–H groups in total. The Morgan fingerprint density at radius 1 is 1.22 bits per heavy atom. The number of nitrogens with one attached hydrogen (secondary N) is 1. The van der Waals surface area contributed by atoms with Gasteiger partial charge in [-0.15, -0.1) is 11.3 Å². The minimum absolute atomic E-state index is 0.126. The number of aromatic nitrogens is 2. The van der Waals surface area contributed by atoms with Crippen LogP contribution in [-0.2, 0) is 12.8 Å². The maximum absolute atomic E-state index is 13.6. The number of rotatable bonds is 6. The van der Waals surface area contributed by atoms with Gasteiger partial charge in [0.05, 0.1) is 5.39 Å². The number of aryl methyl sites for hydroxylation is 3. The van der Waals surface area contributed by atoms with Crippen molar-refractivity contribution in [3.05, 3.63) is 52.4 Å². The largest absolute Gasteiger partial charge is 0.369 e. The van der Waals surface area contributed by atoms with E-state index in [1.807, 2.05) is 12.1 Å². The fourth-order valence-corrected chi connectivity index (χ4v) is 3.46.